The second kappa shape index (κ2) is 8.79. The summed E-state index contributed by atoms with van der Waals surface area (Å²) in [6.07, 6.45) is -3.66. The summed E-state index contributed by atoms with van der Waals surface area (Å²) in [4.78, 5) is 27.0. The highest BCUT2D eigenvalue weighted by Gasteiger charge is 2.39. The molecule has 0 spiro atoms. The van der Waals surface area contributed by atoms with Crippen LogP contribution in [0.4, 0.5) is 28.9 Å². The first-order chi connectivity index (χ1) is 16.1. The predicted molar refractivity (Wildman–Crippen MR) is 119 cm³/mol. The molecule has 0 radical (unpaired) electrons. The Bertz CT molecular complexity index is 1310. The number of anilines is 2. The average Bonchev–Trinajstić information content (AvgIpc) is 3.25. The number of alkyl halides is 3. The number of benzene rings is 2. The van der Waals surface area contributed by atoms with Gasteiger partial charge in [-0.1, -0.05) is 30.3 Å². The summed E-state index contributed by atoms with van der Waals surface area (Å²) in [6, 6.07) is 10.3. The lowest BCUT2D eigenvalue weighted by Crippen LogP contribution is -2.18. The van der Waals surface area contributed by atoms with Gasteiger partial charge >= 0.3 is 6.18 Å². The molecular formula is C24H19F4N3O3. The number of halogens is 4. The topological polar surface area (TPSA) is 83.2 Å². The first kappa shape index (κ1) is 23.2. The molecule has 2 amide bonds. The van der Waals surface area contributed by atoms with Crippen LogP contribution in [0.15, 0.2) is 42.5 Å². The Hall–Kier alpha value is -3.92. The molecule has 34 heavy (non-hydrogen) atoms. The summed E-state index contributed by atoms with van der Waals surface area (Å²) >= 11 is 0. The normalized spacial score (nSPS) is 14.3. The van der Waals surface area contributed by atoms with Gasteiger partial charge in [0, 0.05) is 23.9 Å². The Balaban J connectivity index is 1.82. The van der Waals surface area contributed by atoms with Crippen molar-refractivity contribution >= 4 is 34.8 Å². The summed E-state index contributed by atoms with van der Waals surface area (Å²) in [7, 11) is 1.30. The summed E-state index contributed by atoms with van der Waals surface area (Å²) in [5, 5.41) is 4.81. The van der Waals surface area contributed by atoms with Gasteiger partial charge in [0.1, 0.15) is 12.4 Å². The second-order valence-corrected chi connectivity index (χ2v) is 7.65. The number of nitrogens with one attached hydrogen (secondary N) is 3. The van der Waals surface area contributed by atoms with Gasteiger partial charge < -0.3 is 20.4 Å². The molecular weight excluding hydrogens is 454 g/mol. The van der Waals surface area contributed by atoms with E-state index in [9.17, 15) is 27.2 Å². The van der Waals surface area contributed by atoms with Crippen molar-refractivity contribution in [3.05, 3.63) is 70.8 Å². The van der Waals surface area contributed by atoms with E-state index in [1.807, 2.05) is 0 Å². The molecule has 0 unspecified atom stereocenters. The molecule has 0 fully saturated rings. The van der Waals surface area contributed by atoms with E-state index in [-0.39, 0.29) is 46.1 Å². The number of ether oxygens (including phenoxy) is 1. The number of rotatable bonds is 5. The minimum Gasteiger partial charge on any atom is -0.375 e. The molecule has 6 nitrogen and oxygen atoms in total. The van der Waals surface area contributed by atoms with Gasteiger partial charge in [0.25, 0.3) is 5.91 Å². The van der Waals surface area contributed by atoms with E-state index in [0.29, 0.717) is 5.56 Å². The zero-order valence-corrected chi connectivity index (χ0v) is 18.1. The lowest BCUT2D eigenvalue weighted by atomic mass is 9.98. The molecule has 1 aliphatic rings. The number of aromatic amines is 1. The molecule has 0 aliphatic carbocycles. The minimum absolute atomic E-state index is 0.0269. The third-order valence-corrected chi connectivity index (χ3v) is 5.29. The largest absolute Gasteiger partial charge is 0.419 e. The molecule has 1 aliphatic heterocycles. The number of methoxy groups -OCH3 is 1. The summed E-state index contributed by atoms with van der Waals surface area (Å²) in [5.74, 6) is -2.16. The molecule has 0 saturated heterocycles. The fourth-order valence-corrected chi connectivity index (χ4v) is 3.93. The molecule has 2 aromatic carbocycles. The maximum Gasteiger partial charge on any atom is 0.419 e. The lowest BCUT2D eigenvalue weighted by Gasteiger charge is -2.11. The zero-order chi connectivity index (χ0) is 24.6. The number of carbonyl (C=O) groups excluding carboxylic acids is 2. The van der Waals surface area contributed by atoms with E-state index in [1.54, 1.807) is 30.3 Å². The van der Waals surface area contributed by atoms with Crippen molar-refractivity contribution in [2.75, 3.05) is 24.4 Å². The average molecular weight is 473 g/mol. The molecule has 3 N–H and O–H groups in total. The number of aryl methyl sites for hydroxylation is 1. The Morgan fingerprint density at radius 2 is 1.88 bits per heavy atom. The summed E-state index contributed by atoms with van der Waals surface area (Å²) in [5.41, 5.74) is -0.734. The van der Waals surface area contributed by atoms with Gasteiger partial charge in [0.2, 0.25) is 5.91 Å². The van der Waals surface area contributed by atoms with E-state index >= 15 is 0 Å². The van der Waals surface area contributed by atoms with Crippen LogP contribution in [-0.4, -0.2) is 30.5 Å². The van der Waals surface area contributed by atoms with Gasteiger partial charge in [-0.2, -0.15) is 13.2 Å². The monoisotopic (exact) mass is 473 g/mol. The molecule has 0 bridgehead atoms. The number of carbonyl (C=O) groups is 2. The lowest BCUT2D eigenvalue weighted by molar-refractivity contribution is -0.137. The predicted octanol–water partition coefficient (Wildman–Crippen LogP) is 5.23. The van der Waals surface area contributed by atoms with E-state index in [2.05, 4.69) is 20.4 Å². The van der Waals surface area contributed by atoms with Gasteiger partial charge in [-0.15, -0.1) is 0 Å². The standard InChI is InChI=1S/C24H19F4N3O3/c1-12-21(13-6-4-3-5-7-13)22(24(26,27)28)19(29-12)9-15-14-8-16(25)18(30-20(32)11-34-2)10-17(14)31-23(15)33/h3-10,29H,11H2,1-2H3,(H,30,32)(H,31,33)/b15-9-. The molecule has 2 heterocycles. The highest BCUT2D eigenvalue weighted by Crippen LogP contribution is 2.44. The van der Waals surface area contributed by atoms with E-state index < -0.39 is 29.4 Å². The number of amides is 2. The van der Waals surface area contributed by atoms with Crippen LogP contribution in [0.2, 0.25) is 0 Å². The molecule has 0 saturated carbocycles. The quantitative estimate of drug-likeness (QED) is 0.351. The van der Waals surface area contributed by atoms with Crippen LogP contribution in [0.25, 0.3) is 22.8 Å². The van der Waals surface area contributed by atoms with E-state index in [4.69, 9.17) is 0 Å². The highest BCUT2D eigenvalue weighted by atomic mass is 19.4. The van der Waals surface area contributed by atoms with Crippen LogP contribution in [-0.2, 0) is 20.5 Å². The van der Waals surface area contributed by atoms with Crippen LogP contribution < -0.4 is 10.6 Å². The number of aromatic nitrogens is 1. The van der Waals surface area contributed by atoms with Gasteiger partial charge in [0.15, 0.2) is 0 Å². The second-order valence-electron chi connectivity index (χ2n) is 7.65. The first-order valence-electron chi connectivity index (χ1n) is 10.1. The van der Waals surface area contributed by atoms with E-state index in [0.717, 1.165) is 12.1 Å². The molecule has 0 atom stereocenters. The van der Waals surface area contributed by atoms with Crippen LogP contribution in [0.5, 0.6) is 0 Å². The third-order valence-electron chi connectivity index (χ3n) is 5.29. The minimum atomic E-state index is -4.72. The first-order valence-corrected chi connectivity index (χ1v) is 10.1. The summed E-state index contributed by atoms with van der Waals surface area (Å²) < 4.78 is 61.7. The Morgan fingerprint density at radius 1 is 1.18 bits per heavy atom. The van der Waals surface area contributed by atoms with Gasteiger partial charge in [-0.25, -0.2) is 4.39 Å². The molecule has 10 heteroatoms. The number of hydrogen-bond acceptors (Lipinski definition) is 3. The third kappa shape index (κ3) is 4.32. The number of hydrogen-bond donors (Lipinski definition) is 3. The van der Waals surface area contributed by atoms with Crippen molar-refractivity contribution in [3.8, 4) is 11.1 Å². The van der Waals surface area contributed by atoms with Crippen molar-refractivity contribution in [1.82, 2.24) is 4.98 Å². The van der Waals surface area contributed by atoms with Crippen molar-refractivity contribution < 1.29 is 31.9 Å². The zero-order valence-electron chi connectivity index (χ0n) is 18.1. The van der Waals surface area contributed by atoms with Crippen molar-refractivity contribution in [3.63, 3.8) is 0 Å². The van der Waals surface area contributed by atoms with Gasteiger partial charge in [0.05, 0.1) is 28.2 Å². The molecule has 4 rings (SSSR count). The number of fused-ring (bicyclic) bond motifs is 1. The molecule has 176 valence electrons. The summed E-state index contributed by atoms with van der Waals surface area (Å²) in [6.45, 7) is 1.21. The Morgan fingerprint density at radius 3 is 2.53 bits per heavy atom. The molecule has 3 aromatic rings. The highest BCUT2D eigenvalue weighted by molar-refractivity contribution is 6.35. The van der Waals surface area contributed by atoms with Crippen LogP contribution in [0.1, 0.15) is 22.5 Å². The number of H-pyrrole nitrogens is 1. The van der Waals surface area contributed by atoms with Crippen molar-refractivity contribution in [2.24, 2.45) is 0 Å². The fourth-order valence-electron chi connectivity index (χ4n) is 3.93. The van der Waals surface area contributed by atoms with Gasteiger partial charge in [-0.3, -0.25) is 9.59 Å². The fraction of sp³-hybridized carbons (Fsp3) is 0.167. The Kier molecular flexibility index (Phi) is 6.01. The Labute approximate surface area is 191 Å². The van der Waals surface area contributed by atoms with Crippen molar-refractivity contribution in [2.45, 2.75) is 13.1 Å². The molecule has 1 aromatic heterocycles. The van der Waals surface area contributed by atoms with Crippen molar-refractivity contribution in [1.29, 1.82) is 0 Å². The maximum absolute atomic E-state index is 14.6. The van der Waals surface area contributed by atoms with Crippen LogP contribution >= 0.6 is 0 Å². The van der Waals surface area contributed by atoms with E-state index in [1.165, 1.54) is 20.1 Å². The van der Waals surface area contributed by atoms with Crippen LogP contribution in [0.3, 0.4) is 0 Å². The maximum atomic E-state index is 14.6. The van der Waals surface area contributed by atoms with Gasteiger partial charge in [-0.05, 0) is 30.7 Å². The van der Waals surface area contributed by atoms with Crippen LogP contribution in [0, 0.1) is 12.7 Å². The SMILES string of the molecule is COCC(=O)Nc1cc2c(cc1F)/C(=C/c1[nH]c(C)c(-c3ccccc3)c1C(F)(F)F)C(=O)N2. The smallest absolute Gasteiger partial charge is 0.375 e.